The average molecular weight is 511 g/mol. The first-order chi connectivity index (χ1) is 18.0. The van der Waals surface area contributed by atoms with Gasteiger partial charge in [0.05, 0.1) is 23.0 Å². The molecule has 1 atom stereocenters. The molecular weight excluding hydrogens is 468 g/mol. The van der Waals surface area contributed by atoms with Crippen molar-refractivity contribution >= 4 is 11.8 Å². The molecule has 1 unspecified atom stereocenters. The van der Waals surface area contributed by atoms with Crippen molar-refractivity contribution in [1.29, 1.82) is 0 Å². The molecule has 9 heteroatoms. The Morgan fingerprint density at radius 2 is 1.81 bits per heavy atom. The molecule has 1 aliphatic heterocycles. The Morgan fingerprint density at radius 3 is 2.46 bits per heavy atom. The van der Waals surface area contributed by atoms with Crippen LogP contribution >= 0.6 is 0 Å². The second kappa shape index (κ2) is 11.8. The van der Waals surface area contributed by atoms with Gasteiger partial charge in [0, 0.05) is 25.0 Å². The van der Waals surface area contributed by atoms with Crippen LogP contribution in [-0.2, 0) is 4.79 Å². The van der Waals surface area contributed by atoms with E-state index in [9.17, 15) is 9.59 Å². The van der Waals surface area contributed by atoms with Gasteiger partial charge in [-0.2, -0.15) is 5.10 Å². The number of carbonyl (C=O) groups excluding carboxylic acids is 2. The largest absolute Gasteiger partial charge is 0.361 e. The lowest BCUT2D eigenvalue weighted by molar-refractivity contribution is -0.122. The summed E-state index contributed by atoms with van der Waals surface area (Å²) < 4.78 is 7.45. The fourth-order valence-electron chi connectivity index (χ4n) is 6.04. The molecule has 0 radical (unpaired) electrons. The van der Waals surface area contributed by atoms with Gasteiger partial charge in [0.1, 0.15) is 5.76 Å². The summed E-state index contributed by atoms with van der Waals surface area (Å²) in [5, 5.41) is 15.3. The highest BCUT2D eigenvalue weighted by Gasteiger charge is 2.28. The smallest absolute Gasteiger partial charge is 0.272 e. The molecule has 2 aromatic heterocycles. The van der Waals surface area contributed by atoms with Gasteiger partial charge in [-0.05, 0) is 84.4 Å². The summed E-state index contributed by atoms with van der Waals surface area (Å²) in [4.78, 5) is 28.8. The van der Waals surface area contributed by atoms with Crippen molar-refractivity contribution in [2.24, 2.45) is 0 Å². The number of likely N-dealkylation sites (tertiary alicyclic amines) is 1. The molecule has 2 aliphatic carbocycles. The maximum atomic E-state index is 13.5. The van der Waals surface area contributed by atoms with E-state index in [-0.39, 0.29) is 23.9 Å². The molecular formula is C28H42N6O3. The van der Waals surface area contributed by atoms with E-state index in [4.69, 9.17) is 9.62 Å². The highest BCUT2D eigenvalue weighted by Crippen LogP contribution is 2.36. The minimum atomic E-state index is -0.228. The summed E-state index contributed by atoms with van der Waals surface area (Å²) in [6.45, 7) is 6.92. The SMILES string of the molecule is Cc1noc(C)c1-c1cc(C(=O)NC(CCN2CCCCC2)CC(=O)NC2CCC2)nn1C1CCCC1. The van der Waals surface area contributed by atoms with Gasteiger partial charge in [-0.15, -0.1) is 0 Å². The lowest BCUT2D eigenvalue weighted by Gasteiger charge is -2.29. The highest BCUT2D eigenvalue weighted by molar-refractivity contribution is 5.94. The fourth-order valence-corrected chi connectivity index (χ4v) is 6.04. The van der Waals surface area contributed by atoms with Crippen molar-refractivity contribution in [3.63, 3.8) is 0 Å². The van der Waals surface area contributed by atoms with Crippen molar-refractivity contribution < 1.29 is 14.1 Å². The summed E-state index contributed by atoms with van der Waals surface area (Å²) in [7, 11) is 0. The Labute approximate surface area is 219 Å². The van der Waals surface area contributed by atoms with Crippen molar-refractivity contribution in [3.8, 4) is 11.3 Å². The topological polar surface area (TPSA) is 105 Å². The zero-order chi connectivity index (χ0) is 25.8. The Hall–Kier alpha value is -2.68. The van der Waals surface area contributed by atoms with Gasteiger partial charge in [0.2, 0.25) is 5.91 Å². The van der Waals surface area contributed by atoms with Crippen molar-refractivity contribution in [1.82, 2.24) is 30.5 Å². The predicted octanol–water partition coefficient (Wildman–Crippen LogP) is 4.30. The number of carbonyl (C=O) groups is 2. The van der Waals surface area contributed by atoms with Crippen molar-refractivity contribution in [2.75, 3.05) is 19.6 Å². The van der Waals surface area contributed by atoms with Gasteiger partial charge in [-0.1, -0.05) is 24.4 Å². The average Bonchev–Trinajstić information content (AvgIpc) is 3.61. The number of aryl methyl sites for hydroxylation is 2. The fraction of sp³-hybridized carbons (Fsp3) is 0.714. The first-order valence-corrected chi connectivity index (χ1v) is 14.3. The molecule has 2 amide bonds. The Morgan fingerprint density at radius 1 is 1.05 bits per heavy atom. The maximum absolute atomic E-state index is 13.5. The molecule has 2 saturated carbocycles. The normalized spacial score (nSPS) is 20.1. The molecule has 3 heterocycles. The quantitative estimate of drug-likeness (QED) is 0.494. The van der Waals surface area contributed by atoms with E-state index in [1.54, 1.807) is 0 Å². The van der Waals surface area contributed by atoms with Crippen LogP contribution in [0.1, 0.15) is 105 Å². The van der Waals surface area contributed by atoms with Gasteiger partial charge in [-0.3, -0.25) is 14.3 Å². The molecule has 3 aliphatic rings. The molecule has 0 aromatic carbocycles. The van der Waals surface area contributed by atoms with E-state index in [0.29, 0.717) is 18.2 Å². The Bertz CT molecular complexity index is 1060. The number of aromatic nitrogens is 3. The molecule has 0 spiro atoms. The zero-order valence-corrected chi connectivity index (χ0v) is 22.4. The third-order valence-corrected chi connectivity index (χ3v) is 8.41. The molecule has 3 fully saturated rings. The van der Waals surface area contributed by atoms with Gasteiger partial charge in [0.15, 0.2) is 5.69 Å². The first kappa shape index (κ1) is 25.9. The molecule has 0 bridgehead atoms. The first-order valence-electron chi connectivity index (χ1n) is 14.3. The third-order valence-electron chi connectivity index (χ3n) is 8.41. The van der Waals surface area contributed by atoms with Crippen molar-refractivity contribution in [3.05, 3.63) is 23.2 Å². The van der Waals surface area contributed by atoms with Gasteiger partial charge in [0.25, 0.3) is 5.91 Å². The monoisotopic (exact) mass is 510 g/mol. The Kier molecular flexibility index (Phi) is 8.27. The standard InChI is InChI=1S/C28H42N6O3/c1-19-27(20(2)37-32-19)25-18-24(31-34(25)23-11-4-5-12-23)28(36)30-22(13-16-33-14-6-3-7-15-33)17-26(35)29-21-9-8-10-21/h18,21-23H,3-17H2,1-2H3,(H,29,35)(H,30,36). The van der Waals surface area contributed by atoms with Crippen LogP contribution in [0.15, 0.2) is 10.6 Å². The predicted molar refractivity (Wildman–Crippen MR) is 141 cm³/mol. The maximum Gasteiger partial charge on any atom is 0.272 e. The van der Waals surface area contributed by atoms with E-state index in [1.165, 1.54) is 38.5 Å². The number of rotatable bonds is 10. The van der Waals surface area contributed by atoms with Gasteiger partial charge < -0.3 is 20.1 Å². The lowest BCUT2D eigenvalue weighted by atomic mass is 9.93. The number of piperidine rings is 1. The molecule has 37 heavy (non-hydrogen) atoms. The molecule has 2 aromatic rings. The molecule has 9 nitrogen and oxygen atoms in total. The summed E-state index contributed by atoms with van der Waals surface area (Å²) in [5.41, 5.74) is 3.00. The number of nitrogens with zero attached hydrogens (tertiary/aromatic N) is 4. The molecule has 2 N–H and O–H groups in total. The van der Waals surface area contributed by atoms with E-state index in [1.807, 2.05) is 24.6 Å². The molecule has 1 saturated heterocycles. The van der Waals surface area contributed by atoms with Crippen LogP contribution in [0, 0.1) is 13.8 Å². The van der Waals surface area contributed by atoms with Crippen LogP contribution in [0.5, 0.6) is 0 Å². The summed E-state index contributed by atoms with van der Waals surface area (Å²) in [6, 6.07) is 2.21. The summed E-state index contributed by atoms with van der Waals surface area (Å²) >= 11 is 0. The van der Waals surface area contributed by atoms with Gasteiger partial charge in [-0.25, -0.2) is 0 Å². The van der Waals surface area contributed by atoms with E-state index in [0.717, 1.165) is 74.4 Å². The van der Waals surface area contributed by atoms with Crippen LogP contribution in [0.3, 0.4) is 0 Å². The summed E-state index contributed by atoms with van der Waals surface area (Å²) in [6.07, 6.45) is 12.5. The van der Waals surface area contributed by atoms with E-state index < -0.39 is 0 Å². The van der Waals surface area contributed by atoms with Crippen molar-refractivity contribution in [2.45, 2.75) is 109 Å². The second-order valence-corrected chi connectivity index (χ2v) is 11.3. The van der Waals surface area contributed by atoms with Crippen LogP contribution in [0.25, 0.3) is 11.3 Å². The lowest BCUT2D eigenvalue weighted by Crippen LogP contribution is -2.45. The second-order valence-electron chi connectivity index (χ2n) is 11.3. The zero-order valence-electron chi connectivity index (χ0n) is 22.4. The minimum absolute atomic E-state index is 0.0292. The number of nitrogens with one attached hydrogen (secondary N) is 2. The van der Waals surface area contributed by atoms with Gasteiger partial charge >= 0.3 is 0 Å². The van der Waals surface area contributed by atoms with Crippen LogP contribution in [0.4, 0.5) is 0 Å². The number of amides is 2. The van der Waals surface area contributed by atoms with Crippen LogP contribution in [0.2, 0.25) is 0 Å². The third kappa shape index (κ3) is 6.25. The highest BCUT2D eigenvalue weighted by atomic mass is 16.5. The Balaban J connectivity index is 1.32. The van der Waals surface area contributed by atoms with E-state index >= 15 is 0 Å². The number of hydrogen-bond acceptors (Lipinski definition) is 6. The minimum Gasteiger partial charge on any atom is -0.361 e. The molecule has 5 rings (SSSR count). The van der Waals surface area contributed by atoms with Crippen LogP contribution in [-0.4, -0.2) is 63.4 Å². The molecule has 202 valence electrons. The summed E-state index contributed by atoms with van der Waals surface area (Å²) in [5.74, 6) is 0.544. The van der Waals surface area contributed by atoms with E-state index in [2.05, 4.69) is 20.7 Å². The number of hydrogen-bond donors (Lipinski definition) is 2. The van der Waals surface area contributed by atoms with Crippen LogP contribution < -0.4 is 10.6 Å².